The third-order valence-electron chi connectivity index (χ3n) is 2.68. The van der Waals surface area contributed by atoms with Crippen molar-refractivity contribution in [1.82, 2.24) is 9.80 Å². The molecule has 0 unspecified atom stereocenters. The van der Waals surface area contributed by atoms with Crippen molar-refractivity contribution >= 4 is 0 Å². The number of ether oxygens (including phenoxy) is 1. The molecule has 0 bridgehead atoms. The predicted molar refractivity (Wildman–Crippen MR) is 59.7 cm³/mol. The molecule has 0 N–H and O–H groups in total. The van der Waals surface area contributed by atoms with Crippen molar-refractivity contribution in [3.63, 3.8) is 0 Å². The molecule has 1 rings (SSSR count). The van der Waals surface area contributed by atoms with E-state index in [0.29, 0.717) is 0 Å². The third-order valence-corrected chi connectivity index (χ3v) is 2.68. The molecule has 1 aliphatic heterocycles. The molecule has 14 heavy (non-hydrogen) atoms. The van der Waals surface area contributed by atoms with Gasteiger partial charge >= 0.3 is 0 Å². The van der Waals surface area contributed by atoms with Crippen LogP contribution in [0.4, 0.5) is 0 Å². The van der Waals surface area contributed by atoms with Gasteiger partial charge in [0.1, 0.15) is 0 Å². The molecule has 0 atom stereocenters. The van der Waals surface area contributed by atoms with Gasteiger partial charge in [-0.15, -0.1) is 0 Å². The highest BCUT2D eigenvalue weighted by Crippen LogP contribution is 2.02. The van der Waals surface area contributed by atoms with E-state index < -0.39 is 0 Å². The Hall–Kier alpha value is -0.120. The van der Waals surface area contributed by atoms with Gasteiger partial charge in [0.2, 0.25) is 0 Å². The lowest BCUT2D eigenvalue weighted by molar-refractivity contribution is 0.0371. The summed E-state index contributed by atoms with van der Waals surface area (Å²) in [5.74, 6) is 0. The van der Waals surface area contributed by atoms with Gasteiger partial charge in [0, 0.05) is 13.1 Å². The lowest BCUT2D eigenvalue weighted by Gasteiger charge is -2.26. The zero-order chi connectivity index (χ0) is 10.2. The highest BCUT2D eigenvalue weighted by molar-refractivity contribution is 4.61. The SMILES string of the molecule is CN(C)CCCCCN1CCOCC1. The van der Waals surface area contributed by atoms with E-state index >= 15 is 0 Å². The minimum Gasteiger partial charge on any atom is -0.379 e. The van der Waals surface area contributed by atoms with Crippen LogP contribution in [-0.4, -0.2) is 63.3 Å². The number of hydrogen-bond acceptors (Lipinski definition) is 3. The molecule has 0 radical (unpaired) electrons. The molecule has 0 spiro atoms. The number of morpholine rings is 1. The van der Waals surface area contributed by atoms with E-state index in [-0.39, 0.29) is 0 Å². The van der Waals surface area contributed by atoms with E-state index in [1.165, 1.54) is 32.4 Å². The maximum Gasteiger partial charge on any atom is 0.0594 e. The second-order valence-electron chi connectivity index (χ2n) is 4.32. The first-order valence-corrected chi connectivity index (χ1v) is 5.74. The first kappa shape index (κ1) is 12.0. The summed E-state index contributed by atoms with van der Waals surface area (Å²) in [6, 6.07) is 0. The van der Waals surface area contributed by atoms with Crippen molar-refractivity contribution in [2.24, 2.45) is 0 Å². The topological polar surface area (TPSA) is 15.7 Å². The quantitative estimate of drug-likeness (QED) is 0.596. The van der Waals surface area contributed by atoms with Crippen molar-refractivity contribution in [1.29, 1.82) is 0 Å². The summed E-state index contributed by atoms with van der Waals surface area (Å²) < 4.78 is 5.31. The summed E-state index contributed by atoms with van der Waals surface area (Å²) >= 11 is 0. The fourth-order valence-electron chi connectivity index (χ4n) is 1.76. The summed E-state index contributed by atoms with van der Waals surface area (Å²) in [6.45, 7) is 6.61. The molecule has 1 aliphatic rings. The molecule has 0 saturated carbocycles. The molecule has 0 aromatic rings. The van der Waals surface area contributed by atoms with Crippen LogP contribution in [0.15, 0.2) is 0 Å². The van der Waals surface area contributed by atoms with Crippen LogP contribution in [-0.2, 0) is 4.74 Å². The fourth-order valence-corrected chi connectivity index (χ4v) is 1.76. The Balaban J connectivity index is 1.87. The molecule has 3 heteroatoms. The molecule has 1 fully saturated rings. The van der Waals surface area contributed by atoms with Crippen molar-refractivity contribution in [2.45, 2.75) is 19.3 Å². The minimum absolute atomic E-state index is 0.928. The van der Waals surface area contributed by atoms with Crippen molar-refractivity contribution in [3.8, 4) is 0 Å². The van der Waals surface area contributed by atoms with Gasteiger partial charge in [-0.3, -0.25) is 4.90 Å². The molecule has 1 heterocycles. The second kappa shape index (κ2) is 7.21. The van der Waals surface area contributed by atoms with Crippen LogP contribution >= 0.6 is 0 Å². The summed E-state index contributed by atoms with van der Waals surface area (Å²) in [5.41, 5.74) is 0. The van der Waals surface area contributed by atoms with Crippen LogP contribution in [0.2, 0.25) is 0 Å². The fraction of sp³-hybridized carbons (Fsp3) is 1.00. The van der Waals surface area contributed by atoms with E-state index in [0.717, 1.165) is 26.3 Å². The summed E-state index contributed by atoms with van der Waals surface area (Å²) in [5, 5.41) is 0. The second-order valence-corrected chi connectivity index (χ2v) is 4.32. The van der Waals surface area contributed by atoms with Crippen molar-refractivity contribution in [3.05, 3.63) is 0 Å². The number of hydrogen-bond donors (Lipinski definition) is 0. The monoisotopic (exact) mass is 200 g/mol. The standard InChI is InChI=1S/C11H24N2O/c1-12(2)6-4-3-5-7-13-8-10-14-11-9-13/h3-11H2,1-2H3. The van der Waals surface area contributed by atoms with Crippen LogP contribution in [0, 0.1) is 0 Å². The van der Waals surface area contributed by atoms with E-state index in [1.807, 2.05) is 0 Å². The maximum atomic E-state index is 5.31. The molecule has 1 saturated heterocycles. The molecular weight excluding hydrogens is 176 g/mol. The van der Waals surface area contributed by atoms with Gasteiger partial charge in [0.15, 0.2) is 0 Å². The zero-order valence-electron chi connectivity index (χ0n) is 9.67. The van der Waals surface area contributed by atoms with Gasteiger partial charge in [-0.2, -0.15) is 0 Å². The first-order valence-electron chi connectivity index (χ1n) is 5.74. The summed E-state index contributed by atoms with van der Waals surface area (Å²) in [7, 11) is 4.28. The van der Waals surface area contributed by atoms with E-state index in [2.05, 4.69) is 23.9 Å². The summed E-state index contributed by atoms with van der Waals surface area (Å²) in [4.78, 5) is 4.77. The molecule has 0 aliphatic carbocycles. The van der Waals surface area contributed by atoms with Crippen LogP contribution in [0.1, 0.15) is 19.3 Å². The van der Waals surface area contributed by atoms with Gasteiger partial charge < -0.3 is 9.64 Å². The van der Waals surface area contributed by atoms with Crippen LogP contribution in [0.25, 0.3) is 0 Å². The molecule has 0 aromatic heterocycles. The highest BCUT2D eigenvalue weighted by Gasteiger charge is 2.08. The lowest BCUT2D eigenvalue weighted by atomic mass is 10.2. The molecule has 0 aromatic carbocycles. The van der Waals surface area contributed by atoms with Gasteiger partial charge in [-0.1, -0.05) is 6.42 Å². The van der Waals surface area contributed by atoms with Crippen LogP contribution in [0.3, 0.4) is 0 Å². The van der Waals surface area contributed by atoms with Gasteiger partial charge in [-0.05, 0) is 40.0 Å². The molecule has 3 nitrogen and oxygen atoms in total. The first-order chi connectivity index (χ1) is 6.79. The van der Waals surface area contributed by atoms with Gasteiger partial charge in [-0.25, -0.2) is 0 Å². The number of nitrogens with zero attached hydrogens (tertiary/aromatic N) is 2. The lowest BCUT2D eigenvalue weighted by Crippen LogP contribution is -2.36. The Kier molecular flexibility index (Phi) is 6.15. The average molecular weight is 200 g/mol. The number of rotatable bonds is 6. The normalized spacial score (nSPS) is 19.1. The van der Waals surface area contributed by atoms with E-state index in [9.17, 15) is 0 Å². The molecular formula is C11H24N2O. The largest absolute Gasteiger partial charge is 0.379 e. The maximum absolute atomic E-state index is 5.31. The third kappa shape index (κ3) is 5.58. The molecule has 0 amide bonds. The predicted octanol–water partition coefficient (Wildman–Crippen LogP) is 1.05. The van der Waals surface area contributed by atoms with Gasteiger partial charge in [0.25, 0.3) is 0 Å². The Morgan fingerprint density at radius 2 is 1.79 bits per heavy atom. The molecule has 84 valence electrons. The Morgan fingerprint density at radius 3 is 2.43 bits per heavy atom. The zero-order valence-corrected chi connectivity index (χ0v) is 9.67. The number of unbranched alkanes of at least 4 members (excludes halogenated alkanes) is 2. The Bertz CT molecular complexity index is 133. The highest BCUT2D eigenvalue weighted by atomic mass is 16.5. The van der Waals surface area contributed by atoms with E-state index in [4.69, 9.17) is 4.74 Å². The van der Waals surface area contributed by atoms with Crippen LogP contribution < -0.4 is 0 Å². The van der Waals surface area contributed by atoms with E-state index in [1.54, 1.807) is 0 Å². The minimum atomic E-state index is 0.928. The van der Waals surface area contributed by atoms with Gasteiger partial charge in [0.05, 0.1) is 13.2 Å². The van der Waals surface area contributed by atoms with Crippen LogP contribution in [0.5, 0.6) is 0 Å². The Labute approximate surface area is 88.0 Å². The average Bonchev–Trinajstić information content (AvgIpc) is 2.18. The van der Waals surface area contributed by atoms with Crippen molar-refractivity contribution < 1.29 is 4.74 Å². The van der Waals surface area contributed by atoms with Crippen molar-refractivity contribution in [2.75, 3.05) is 53.5 Å². The Morgan fingerprint density at radius 1 is 1.07 bits per heavy atom. The summed E-state index contributed by atoms with van der Waals surface area (Å²) in [6.07, 6.45) is 4.03. The smallest absolute Gasteiger partial charge is 0.0594 e.